The number of thioether (sulfide) groups is 1. The summed E-state index contributed by atoms with van der Waals surface area (Å²) in [5.74, 6) is 1.42. The fraction of sp³-hybridized carbons (Fsp3) is 0.364. The molecule has 2 atom stereocenters. The Morgan fingerprint density at radius 2 is 2.23 bits per heavy atom. The first-order valence-electron chi connectivity index (χ1n) is 10.2. The third-order valence-corrected chi connectivity index (χ3v) is 7.82. The minimum Gasteiger partial charge on any atom is -0.482 e. The van der Waals surface area contributed by atoms with Crippen molar-refractivity contribution < 1.29 is 14.3 Å². The first-order chi connectivity index (χ1) is 14.9. The highest BCUT2D eigenvalue weighted by Gasteiger charge is 2.25. The number of amides is 1. The number of thiophene rings is 1. The van der Waals surface area contributed by atoms with Gasteiger partial charge >= 0.3 is 0 Å². The van der Waals surface area contributed by atoms with Crippen LogP contribution in [0.15, 0.2) is 23.4 Å². The fourth-order valence-corrected chi connectivity index (χ4v) is 6.39. The van der Waals surface area contributed by atoms with Crippen LogP contribution in [0.3, 0.4) is 0 Å². The zero-order valence-corrected chi connectivity index (χ0v) is 18.9. The van der Waals surface area contributed by atoms with E-state index in [1.54, 1.807) is 29.5 Å². The number of nitrogens with zero attached hydrogens (tertiary/aromatic N) is 2. The van der Waals surface area contributed by atoms with Crippen LogP contribution < -0.4 is 15.8 Å². The first-order valence-corrected chi connectivity index (χ1v) is 11.9. The maximum Gasteiger partial charge on any atom is 0.262 e. The zero-order valence-electron chi connectivity index (χ0n) is 17.2. The molecule has 0 bridgehead atoms. The summed E-state index contributed by atoms with van der Waals surface area (Å²) in [6.07, 6.45) is 3.24. The van der Waals surface area contributed by atoms with E-state index < -0.39 is 5.25 Å². The molecule has 3 heterocycles. The van der Waals surface area contributed by atoms with E-state index in [2.05, 4.69) is 17.2 Å². The van der Waals surface area contributed by atoms with Gasteiger partial charge in [0.2, 0.25) is 0 Å². The Bertz CT molecular complexity index is 1220. The van der Waals surface area contributed by atoms with Gasteiger partial charge in [0, 0.05) is 10.4 Å². The van der Waals surface area contributed by atoms with Crippen LogP contribution in [-0.2, 0) is 17.6 Å². The molecule has 3 N–H and O–H groups in total. The molecule has 31 heavy (non-hydrogen) atoms. The van der Waals surface area contributed by atoms with E-state index in [0.717, 1.165) is 29.5 Å². The average molecular weight is 455 g/mol. The number of fused-ring (bicyclic) bond motifs is 4. The number of aryl methyl sites for hydroxylation is 1. The second-order valence-corrected chi connectivity index (χ2v) is 10.5. The molecule has 2 aromatic heterocycles. The summed E-state index contributed by atoms with van der Waals surface area (Å²) in [5.41, 5.74) is 8.63. The van der Waals surface area contributed by atoms with Crippen LogP contribution in [-0.4, -0.2) is 33.5 Å². The number of benzene rings is 1. The monoisotopic (exact) mass is 454 g/mol. The minimum atomic E-state index is -0.412. The summed E-state index contributed by atoms with van der Waals surface area (Å²) >= 11 is 2.99. The molecule has 2 aliphatic rings. The van der Waals surface area contributed by atoms with Crippen LogP contribution in [0.1, 0.15) is 41.1 Å². The maximum absolute atomic E-state index is 13.0. The number of ketones is 1. The molecule has 1 aliphatic carbocycles. The molecule has 1 aromatic carbocycles. The number of nitrogen functional groups attached to an aromatic ring is 1. The van der Waals surface area contributed by atoms with Crippen molar-refractivity contribution in [2.75, 3.05) is 17.7 Å². The molecule has 9 heteroatoms. The fourth-order valence-electron chi connectivity index (χ4n) is 4.09. The number of anilines is 2. The number of Topliss-reactive ketones (excluding diaryl/α,β-unsaturated/α-hetero) is 1. The molecular weight excluding hydrogens is 432 g/mol. The van der Waals surface area contributed by atoms with E-state index in [-0.39, 0.29) is 18.3 Å². The van der Waals surface area contributed by atoms with Gasteiger partial charge in [0.05, 0.1) is 16.3 Å². The molecule has 0 spiro atoms. The number of ether oxygens (including phenoxy) is 1. The first kappa shape index (κ1) is 20.3. The molecule has 0 radical (unpaired) electrons. The summed E-state index contributed by atoms with van der Waals surface area (Å²) in [6, 6.07) is 5.07. The van der Waals surface area contributed by atoms with Crippen molar-refractivity contribution in [1.82, 2.24) is 9.97 Å². The minimum absolute atomic E-state index is 0.0150. The zero-order chi connectivity index (χ0) is 21.7. The number of hydrogen-bond donors (Lipinski definition) is 2. The van der Waals surface area contributed by atoms with Gasteiger partial charge in [0.25, 0.3) is 5.91 Å². The van der Waals surface area contributed by atoms with Gasteiger partial charge < -0.3 is 15.8 Å². The molecule has 0 fully saturated rings. The van der Waals surface area contributed by atoms with Gasteiger partial charge in [0.15, 0.2) is 17.5 Å². The number of aromatic nitrogens is 2. The Labute approximate surface area is 187 Å². The molecular formula is C22H22N4O3S2. The van der Waals surface area contributed by atoms with Crippen molar-refractivity contribution in [2.45, 2.75) is 43.5 Å². The molecule has 5 rings (SSSR count). The van der Waals surface area contributed by atoms with E-state index in [9.17, 15) is 9.59 Å². The number of carbonyl (C=O) groups is 2. The summed E-state index contributed by atoms with van der Waals surface area (Å²) < 4.78 is 5.36. The van der Waals surface area contributed by atoms with Crippen LogP contribution in [0, 0.1) is 5.92 Å². The smallest absolute Gasteiger partial charge is 0.262 e. The van der Waals surface area contributed by atoms with Crippen molar-refractivity contribution >= 4 is 56.5 Å². The summed E-state index contributed by atoms with van der Waals surface area (Å²) in [4.78, 5) is 36.1. The lowest BCUT2D eigenvalue weighted by molar-refractivity contribution is -0.118. The third kappa shape index (κ3) is 3.76. The van der Waals surface area contributed by atoms with E-state index in [1.807, 2.05) is 6.92 Å². The van der Waals surface area contributed by atoms with E-state index >= 15 is 0 Å². The van der Waals surface area contributed by atoms with Crippen molar-refractivity contribution in [2.24, 2.45) is 5.92 Å². The van der Waals surface area contributed by atoms with E-state index in [0.29, 0.717) is 33.9 Å². The maximum atomic E-state index is 13.0. The molecule has 0 saturated heterocycles. The van der Waals surface area contributed by atoms with Gasteiger partial charge in [-0.25, -0.2) is 9.97 Å². The standard InChI is InChI=1S/C22H22N4O3S2/c1-10-3-5-13-16(7-10)31-21-18(13)20(23)25-22(26-21)30-11(2)19(28)12-4-6-15-14(8-12)24-17(27)9-29-15/h4,6,8,10-11H,3,5,7,9H2,1-2H3,(H,24,27)(H2,23,25,26). The van der Waals surface area contributed by atoms with Crippen LogP contribution in [0.25, 0.3) is 10.2 Å². The quantitative estimate of drug-likeness (QED) is 0.347. The largest absolute Gasteiger partial charge is 0.482 e. The third-order valence-electron chi connectivity index (χ3n) is 5.71. The van der Waals surface area contributed by atoms with Crippen LogP contribution in [0.4, 0.5) is 11.5 Å². The van der Waals surface area contributed by atoms with Crippen molar-refractivity contribution in [3.8, 4) is 5.75 Å². The van der Waals surface area contributed by atoms with Crippen LogP contribution >= 0.6 is 23.1 Å². The Hall–Kier alpha value is -2.65. The molecule has 7 nitrogen and oxygen atoms in total. The predicted octanol–water partition coefficient (Wildman–Crippen LogP) is 4.09. The van der Waals surface area contributed by atoms with Gasteiger partial charge in [-0.2, -0.15) is 0 Å². The predicted molar refractivity (Wildman–Crippen MR) is 123 cm³/mol. The number of hydrogen-bond acceptors (Lipinski definition) is 8. The highest BCUT2D eigenvalue weighted by molar-refractivity contribution is 8.00. The van der Waals surface area contributed by atoms with Gasteiger partial charge in [-0.1, -0.05) is 18.7 Å². The highest BCUT2D eigenvalue weighted by atomic mass is 32.2. The molecule has 2 unspecified atom stereocenters. The lowest BCUT2D eigenvalue weighted by Crippen LogP contribution is -2.25. The van der Waals surface area contributed by atoms with Crippen LogP contribution in [0.2, 0.25) is 0 Å². The number of nitrogens with one attached hydrogen (secondary N) is 1. The second-order valence-electron chi connectivity index (χ2n) is 8.10. The van der Waals surface area contributed by atoms with Crippen molar-refractivity contribution in [1.29, 1.82) is 0 Å². The lowest BCUT2D eigenvalue weighted by atomic mass is 9.89. The van der Waals surface area contributed by atoms with Crippen molar-refractivity contribution in [3.63, 3.8) is 0 Å². The Morgan fingerprint density at radius 3 is 3.06 bits per heavy atom. The topological polar surface area (TPSA) is 107 Å². The number of rotatable bonds is 4. The van der Waals surface area contributed by atoms with E-state index in [4.69, 9.17) is 15.5 Å². The van der Waals surface area contributed by atoms with Gasteiger partial charge in [0.1, 0.15) is 16.4 Å². The molecule has 3 aromatic rings. The second kappa shape index (κ2) is 7.80. The van der Waals surface area contributed by atoms with Gasteiger partial charge in [-0.15, -0.1) is 11.3 Å². The van der Waals surface area contributed by atoms with Gasteiger partial charge in [-0.3, -0.25) is 9.59 Å². The normalized spacial score (nSPS) is 18.6. The van der Waals surface area contributed by atoms with Crippen LogP contribution in [0.5, 0.6) is 5.75 Å². The SMILES string of the molecule is CC1CCc2c(sc3nc(SC(C)C(=O)c4ccc5c(c4)NC(=O)CO5)nc(N)c23)C1. The summed E-state index contributed by atoms with van der Waals surface area (Å²) in [6.45, 7) is 4.08. The van der Waals surface area contributed by atoms with Gasteiger partial charge in [-0.05, 0) is 55.9 Å². The van der Waals surface area contributed by atoms with Crippen molar-refractivity contribution in [3.05, 3.63) is 34.2 Å². The number of nitrogens with two attached hydrogens (primary N) is 1. The molecule has 0 saturated carbocycles. The number of carbonyl (C=O) groups excluding carboxylic acids is 2. The molecule has 1 amide bonds. The summed E-state index contributed by atoms with van der Waals surface area (Å²) in [7, 11) is 0. The Balaban J connectivity index is 1.39. The average Bonchev–Trinajstić information content (AvgIpc) is 3.10. The van der Waals surface area contributed by atoms with E-state index in [1.165, 1.54) is 22.2 Å². The Kier molecular flexibility index (Phi) is 5.10. The lowest BCUT2D eigenvalue weighted by Gasteiger charge is -2.19. The molecule has 160 valence electrons. The molecule has 1 aliphatic heterocycles. The summed E-state index contributed by atoms with van der Waals surface area (Å²) in [5, 5.41) is 3.82. The highest BCUT2D eigenvalue weighted by Crippen LogP contribution is 2.40. The Morgan fingerprint density at radius 1 is 1.39 bits per heavy atom.